The van der Waals surface area contributed by atoms with Crippen molar-refractivity contribution in [2.45, 2.75) is 39.3 Å². The second kappa shape index (κ2) is 6.81. The summed E-state index contributed by atoms with van der Waals surface area (Å²) in [5.41, 5.74) is 0.0369. The normalized spacial score (nSPS) is 13.3. The van der Waals surface area contributed by atoms with Crippen LogP contribution in [0.1, 0.15) is 38.9 Å². The summed E-state index contributed by atoms with van der Waals surface area (Å²) < 4.78 is 26.5. The first-order valence-electron chi connectivity index (χ1n) is 6.33. The fourth-order valence-electron chi connectivity index (χ4n) is 2.00. The van der Waals surface area contributed by atoms with E-state index in [0.717, 1.165) is 12.6 Å². The van der Waals surface area contributed by atoms with Gasteiger partial charge in [0.15, 0.2) is 11.6 Å². The molecule has 0 spiro atoms. The Bertz CT molecular complexity index is 382. The minimum Gasteiger partial charge on any atom is -0.388 e. The molecular weight excluding hydrogens is 236 g/mol. The Morgan fingerprint density at radius 2 is 1.94 bits per heavy atom. The van der Waals surface area contributed by atoms with E-state index in [2.05, 4.69) is 18.7 Å². The second-order valence-electron chi connectivity index (χ2n) is 4.67. The molecule has 0 saturated heterocycles. The van der Waals surface area contributed by atoms with Crippen molar-refractivity contribution in [2.75, 3.05) is 13.1 Å². The van der Waals surface area contributed by atoms with E-state index >= 15 is 0 Å². The van der Waals surface area contributed by atoms with Gasteiger partial charge in [0.25, 0.3) is 0 Å². The summed E-state index contributed by atoms with van der Waals surface area (Å²) in [5.74, 6) is -1.86. The summed E-state index contributed by atoms with van der Waals surface area (Å²) in [4.78, 5) is 2.17. The third-order valence-electron chi connectivity index (χ3n) is 3.17. The molecule has 0 amide bonds. The highest BCUT2D eigenvalue weighted by Gasteiger charge is 2.17. The van der Waals surface area contributed by atoms with Crippen LogP contribution in [0.4, 0.5) is 8.78 Å². The van der Waals surface area contributed by atoms with Crippen LogP contribution in [0.3, 0.4) is 0 Å². The van der Waals surface area contributed by atoms with Crippen LogP contribution >= 0.6 is 0 Å². The molecule has 0 heterocycles. The van der Waals surface area contributed by atoms with Crippen LogP contribution in [0.2, 0.25) is 0 Å². The Kier molecular flexibility index (Phi) is 5.69. The monoisotopic (exact) mass is 257 g/mol. The van der Waals surface area contributed by atoms with Crippen molar-refractivity contribution >= 4 is 0 Å². The maximum absolute atomic E-state index is 13.5. The summed E-state index contributed by atoms with van der Waals surface area (Å²) in [6, 6.07) is 4.27. The van der Waals surface area contributed by atoms with E-state index in [1.54, 1.807) is 0 Å². The molecule has 0 aromatic heterocycles. The van der Waals surface area contributed by atoms with Gasteiger partial charge in [-0.3, -0.25) is 0 Å². The lowest BCUT2D eigenvalue weighted by Gasteiger charge is -2.26. The zero-order chi connectivity index (χ0) is 13.7. The summed E-state index contributed by atoms with van der Waals surface area (Å²) in [7, 11) is 0. The molecule has 0 fully saturated rings. The van der Waals surface area contributed by atoms with Gasteiger partial charge in [0.1, 0.15) is 0 Å². The molecule has 102 valence electrons. The molecule has 0 bridgehead atoms. The number of aliphatic hydroxyl groups excluding tert-OH is 1. The van der Waals surface area contributed by atoms with E-state index < -0.39 is 17.7 Å². The van der Waals surface area contributed by atoms with Crippen molar-refractivity contribution in [1.82, 2.24) is 4.90 Å². The average Bonchev–Trinajstić information content (AvgIpc) is 2.32. The highest BCUT2D eigenvalue weighted by atomic mass is 19.2. The molecule has 1 atom stereocenters. The first kappa shape index (κ1) is 15.1. The third kappa shape index (κ3) is 3.75. The van der Waals surface area contributed by atoms with E-state index in [9.17, 15) is 13.9 Å². The molecule has 0 radical (unpaired) electrons. The average molecular weight is 257 g/mol. The minimum absolute atomic E-state index is 0.0369. The van der Waals surface area contributed by atoms with E-state index in [1.165, 1.54) is 12.1 Å². The van der Waals surface area contributed by atoms with Crippen molar-refractivity contribution < 1.29 is 13.9 Å². The largest absolute Gasteiger partial charge is 0.388 e. The van der Waals surface area contributed by atoms with Gasteiger partial charge in [-0.25, -0.2) is 8.78 Å². The number of aliphatic hydroxyl groups is 1. The van der Waals surface area contributed by atoms with E-state index in [0.29, 0.717) is 19.0 Å². The van der Waals surface area contributed by atoms with E-state index in [1.807, 2.05) is 6.92 Å². The van der Waals surface area contributed by atoms with Crippen molar-refractivity contribution in [3.8, 4) is 0 Å². The quantitative estimate of drug-likeness (QED) is 0.846. The lowest BCUT2D eigenvalue weighted by atomic mass is 10.1. The highest BCUT2D eigenvalue weighted by Crippen LogP contribution is 2.22. The molecule has 0 aliphatic rings. The number of hydrogen-bond donors (Lipinski definition) is 1. The Labute approximate surface area is 107 Å². The molecule has 18 heavy (non-hydrogen) atoms. The molecule has 1 N–H and O–H groups in total. The summed E-state index contributed by atoms with van der Waals surface area (Å²) in [6.45, 7) is 7.70. The first-order chi connectivity index (χ1) is 8.47. The van der Waals surface area contributed by atoms with Gasteiger partial charge < -0.3 is 10.0 Å². The topological polar surface area (TPSA) is 23.5 Å². The van der Waals surface area contributed by atoms with Crippen LogP contribution in [0.25, 0.3) is 0 Å². The maximum atomic E-state index is 13.5. The van der Waals surface area contributed by atoms with Gasteiger partial charge in [0, 0.05) is 18.2 Å². The van der Waals surface area contributed by atoms with Crippen LogP contribution in [0.15, 0.2) is 18.2 Å². The summed E-state index contributed by atoms with van der Waals surface area (Å²) >= 11 is 0. The van der Waals surface area contributed by atoms with Crippen LogP contribution in [-0.2, 0) is 0 Å². The Hall–Kier alpha value is -1.00. The van der Waals surface area contributed by atoms with Crippen molar-refractivity contribution in [3.05, 3.63) is 35.4 Å². The van der Waals surface area contributed by atoms with Crippen LogP contribution < -0.4 is 0 Å². The van der Waals surface area contributed by atoms with Gasteiger partial charge in [-0.05, 0) is 32.9 Å². The molecule has 4 heteroatoms. The number of hydrogen-bond acceptors (Lipinski definition) is 2. The highest BCUT2D eigenvalue weighted by molar-refractivity contribution is 5.21. The smallest absolute Gasteiger partial charge is 0.164 e. The fraction of sp³-hybridized carbons (Fsp3) is 0.571. The SMILES string of the molecule is CCN(CCC(O)c1cccc(F)c1F)C(C)C. The standard InChI is InChI=1S/C14H21F2NO/c1-4-17(10(2)3)9-8-13(18)11-6-5-7-12(15)14(11)16/h5-7,10,13,18H,4,8-9H2,1-3H3. The number of halogens is 2. The molecule has 1 aromatic rings. The summed E-state index contributed by atoms with van der Waals surface area (Å²) in [5, 5.41) is 9.92. The lowest BCUT2D eigenvalue weighted by Crippen LogP contribution is -2.32. The number of benzene rings is 1. The number of nitrogens with zero attached hydrogens (tertiary/aromatic N) is 1. The Morgan fingerprint density at radius 1 is 1.28 bits per heavy atom. The predicted octanol–water partition coefficient (Wildman–Crippen LogP) is 3.12. The maximum Gasteiger partial charge on any atom is 0.164 e. The molecule has 1 rings (SSSR count). The second-order valence-corrected chi connectivity index (χ2v) is 4.67. The fourth-order valence-corrected chi connectivity index (χ4v) is 2.00. The lowest BCUT2D eigenvalue weighted by molar-refractivity contribution is 0.129. The summed E-state index contributed by atoms with van der Waals surface area (Å²) in [6.07, 6.45) is -0.569. The van der Waals surface area contributed by atoms with Crippen LogP contribution in [0, 0.1) is 11.6 Å². The molecule has 0 aliphatic heterocycles. The zero-order valence-corrected chi connectivity index (χ0v) is 11.2. The van der Waals surface area contributed by atoms with Crippen molar-refractivity contribution in [1.29, 1.82) is 0 Å². The molecule has 0 saturated carbocycles. The molecule has 0 aliphatic carbocycles. The molecule has 1 aromatic carbocycles. The van der Waals surface area contributed by atoms with Crippen LogP contribution in [-0.4, -0.2) is 29.1 Å². The first-order valence-corrected chi connectivity index (χ1v) is 6.33. The molecular formula is C14H21F2NO. The van der Waals surface area contributed by atoms with Gasteiger partial charge in [0.05, 0.1) is 6.10 Å². The van der Waals surface area contributed by atoms with Gasteiger partial charge in [-0.2, -0.15) is 0 Å². The zero-order valence-electron chi connectivity index (χ0n) is 11.2. The van der Waals surface area contributed by atoms with Crippen molar-refractivity contribution in [2.24, 2.45) is 0 Å². The van der Waals surface area contributed by atoms with E-state index in [-0.39, 0.29) is 5.56 Å². The van der Waals surface area contributed by atoms with Gasteiger partial charge >= 0.3 is 0 Å². The Morgan fingerprint density at radius 3 is 2.50 bits per heavy atom. The molecule has 1 unspecified atom stereocenters. The minimum atomic E-state index is -0.964. The van der Waals surface area contributed by atoms with Gasteiger partial charge in [-0.15, -0.1) is 0 Å². The van der Waals surface area contributed by atoms with Crippen molar-refractivity contribution in [3.63, 3.8) is 0 Å². The van der Waals surface area contributed by atoms with Gasteiger partial charge in [-0.1, -0.05) is 19.1 Å². The number of rotatable bonds is 6. The van der Waals surface area contributed by atoms with E-state index in [4.69, 9.17) is 0 Å². The molecule has 2 nitrogen and oxygen atoms in total. The third-order valence-corrected chi connectivity index (χ3v) is 3.17. The van der Waals surface area contributed by atoms with Gasteiger partial charge in [0.2, 0.25) is 0 Å². The predicted molar refractivity (Wildman–Crippen MR) is 68.3 cm³/mol. The van der Waals surface area contributed by atoms with Crippen LogP contribution in [0.5, 0.6) is 0 Å². The Balaban J connectivity index is 2.65.